The van der Waals surface area contributed by atoms with Crippen molar-refractivity contribution < 1.29 is 14.5 Å². The largest absolute Gasteiger partial charge is 0.378 e. The lowest BCUT2D eigenvalue weighted by molar-refractivity contribution is -0.384. The van der Waals surface area contributed by atoms with E-state index in [1.165, 1.54) is 12.1 Å². The molecule has 1 aliphatic heterocycles. The highest BCUT2D eigenvalue weighted by Gasteiger charge is 2.23. The number of hydrogen-bond donors (Lipinski definition) is 1. The lowest BCUT2D eigenvalue weighted by Crippen LogP contribution is -2.37. The number of nitro benzene ring substituents is 1. The zero-order valence-electron chi connectivity index (χ0n) is 16.5. The molecule has 29 heavy (non-hydrogen) atoms. The normalized spacial score (nSPS) is 14.0. The second-order valence-corrected chi connectivity index (χ2v) is 7.19. The van der Waals surface area contributed by atoms with E-state index in [9.17, 15) is 14.9 Å². The maximum atomic E-state index is 13.3. The smallest absolute Gasteiger partial charge is 0.270 e. The van der Waals surface area contributed by atoms with Crippen molar-refractivity contribution in [2.75, 3.05) is 36.5 Å². The van der Waals surface area contributed by atoms with Gasteiger partial charge >= 0.3 is 0 Å². The molecule has 0 saturated carbocycles. The van der Waals surface area contributed by atoms with Crippen LogP contribution in [0.4, 0.5) is 17.1 Å². The summed E-state index contributed by atoms with van der Waals surface area (Å²) in [6.07, 6.45) is 1.39. The van der Waals surface area contributed by atoms with Crippen LogP contribution in [0.2, 0.25) is 5.02 Å². The third-order valence-electron chi connectivity index (χ3n) is 5.10. The average molecular weight is 418 g/mol. The molecule has 154 valence electrons. The number of rotatable bonds is 6. The predicted molar refractivity (Wildman–Crippen MR) is 114 cm³/mol. The molecule has 7 nitrogen and oxygen atoms in total. The van der Waals surface area contributed by atoms with Crippen molar-refractivity contribution in [2.24, 2.45) is 0 Å². The van der Waals surface area contributed by atoms with Gasteiger partial charge in [-0.15, -0.1) is 0 Å². The predicted octanol–water partition coefficient (Wildman–Crippen LogP) is 4.46. The van der Waals surface area contributed by atoms with Crippen molar-refractivity contribution >= 4 is 34.6 Å². The molecule has 1 heterocycles. The summed E-state index contributed by atoms with van der Waals surface area (Å²) in [6, 6.07) is 8.13. The van der Waals surface area contributed by atoms with E-state index < -0.39 is 4.92 Å². The fraction of sp³-hybridized carbons (Fsp3) is 0.381. The first-order valence-corrected chi connectivity index (χ1v) is 10.1. The quantitative estimate of drug-likeness (QED) is 0.554. The molecular formula is C21H24ClN3O4. The van der Waals surface area contributed by atoms with Crippen molar-refractivity contribution in [3.63, 3.8) is 0 Å². The van der Waals surface area contributed by atoms with E-state index in [0.29, 0.717) is 49.1 Å². The highest BCUT2D eigenvalue weighted by Crippen LogP contribution is 2.32. The van der Waals surface area contributed by atoms with Crippen LogP contribution in [-0.4, -0.2) is 37.1 Å². The van der Waals surface area contributed by atoms with Gasteiger partial charge in [-0.1, -0.05) is 31.5 Å². The zero-order chi connectivity index (χ0) is 21.0. The first-order chi connectivity index (χ1) is 14.0. The number of halogens is 1. The van der Waals surface area contributed by atoms with E-state index in [4.69, 9.17) is 16.3 Å². The van der Waals surface area contributed by atoms with E-state index in [-0.39, 0.29) is 17.2 Å². The molecule has 2 aromatic carbocycles. The van der Waals surface area contributed by atoms with Crippen LogP contribution in [0.15, 0.2) is 30.3 Å². The van der Waals surface area contributed by atoms with Gasteiger partial charge in [0.05, 0.1) is 29.4 Å². The molecule has 1 amide bonds. The molecule has 0 aliphatic carbocycles. The summed E-state index contributed by atoms with van der Waals surface area (Å²) in [6.45, 7) is 6.32. The van der Waals surface area contributed by atoms with Gasteiger partial charge in [-0.3, -0.25) is 14.9 Å². The van der Waals surface area contributed by atoms with Crippen LogP contribution >= 0.6 is 11.6 Å². The van der Waals surface area contributed by atoms with Crippen LogP contribution in [0.1, 0.15) is 35.3 Å². The molecule has 8 heteroatoms. The minimum atomic E-state index is -0.492. The van der Waals surface area contributed by atoms with Crippen LogP contribution in [0, 0.1) is 10.1 Å². The topological polar surface area (TPSA) is 84.7 Å². The monoisotopic (exact) mass is 417 g/mol. The van der Waals surface area contributed by atoms with Gasteiger partial charge in [0.2, 0.25) is 0 Å². The summed E-state index contributed by atoms with van der Waals surface area (Å²) < 4.78 is 5.39. The van der Waals surface area contributed by atoms with Gasteiger partial charge in [0.15, 0.2) is 0 Å². The lowest BCUT2D eigenvalue weighted by atomic mass is 10.0. The number of non-ortho nitro benzene ring substituents is 1. The van der Waals surface area contributed by atoms with Gasteiger partial charge in [0, 0.05) is 35.9 Å². The number of anilines is 2. The summed E-state index contributed by atoms with van der Waals surface area (Å²) in [4.78, 5) is 26.1. The number of aryl methyl sites for hydroxylation is 1. The molecule has 0 atom stereocenters. The molecule has 1 fully saturated rings. The minimum absolute atomic E-state index is 0.121. The Bertz CT molecular complexity index is 926. The number of hydrogen-bond acceptors (Lipinski definition) is 5. The Kier molecular flexibility index (Phi) is 6.71. The van der Waals surface area contributed by atoms with E-state index >= 15 is 0 Å². The maximum Gasteiger partial charge on any atom is 0.270 e. The highest BCUT2D eigenvalue weighted by atomic mass is 35.5. The van der Waals surface area contributed by atoms with Crippen LogP contribution in [0.25, 0.3) is 0 Å². The summed E-state index contributed by atoms with van der Waals surface area (Å²) in [5.74, 6) is -0.387. The highest BCUT2D eigenvalue weighted by molar-refractivity contribution is 6.32. The molecule has 1 aliphatic rings. The van der Waals surface area contributed by atoms with Crippen LogP contribution in [0.3, 0.4) is 0 Å². The fourth-order valence-electron chi connectivity index (χ4n) is 3.55. The van der Waals surface area contributed by atoms with Gasteiger partial charge < -0.3 is 15.0 Å². The molecule has 3 rings (SSSR count). The van der Waals surface area contributed by atoms with Gasteiger partial charge in [-0.2, -0.15) is 0 Å². The van der Waals surface area contributed by atoms with Crippen molar-refractivity contribution in [3.8, 4) is 0 Å². The molecule has 0 spiro atoms. The minimum Gasteiger partial charge on any atom is -0.378 e. The third-order valence-corrected chi connectivity index (χ3v) is 5.46. The van der Waals surface area contributed by atoms with Crippen molar-refractivity contribution in [3.05, 3.63) is 62.2 Å². The second-order valence-electron chi connectivity index (χ2n) is 6.78. The lowest BCUT2D eigenvalue weighted by Gasteiger charge is -2.30. The van der Waals surface area contributed by atoms with E-state index in [2.05, 4.69) is 5.32 Å². The van der Waals surface area contributed by atoms with Crippen LogP contribution in [0.5, 0.6) is 0 Å². The van der Waals surface area contributed by atoms with E-state index in [1.54, 1.807) is 6.07 Å². The number of benzene rings is 2. The number of morpholine rings is 1. The first-order valence-electron chi connectivity index (χ1n) is 9.69. The van der Waals surface area contributed by atoms with Crippen molar-refractivity contribution in [2.45, 2.75) is 26.7 Å². The van der Waals surface area contributed by atoms with E-state index in [0.717, 1.165) is 17.5 Å². The third kappa shape index (κ3) is 4.52. The molecule has 0 aromatic heterocycles. The number of amides is 1. The van der Waals surface area contributed by atoms with Gasteiger partial charge in [-0.05, 0) is 36.1 Å². The molecule has 1 N–H and O–H groups in total. The number of carbonyl (C=O) groups excluding carboxylic acids is 1. The molecule has 0 radical (unpaired) electrons. The Morgan fingerprint density at radius 3 is 2.55 bits per heavy atom. The number of ether oxygens (including phenoxy) is 1. The number of nitrogens with one attached hydrogen (secondary N) is 1. The number of carbonyl (C=O) groups is 1. The van der Waals surface area contributed by atoms with Gasteiger partial charge in [0.25, 0.3) is 11.6 Å². The summed E-state index contributed by atoms with van der Waals surface area (Å²) >= 11 is 6.35. The van der Waals surface area contributed by atoms with E-state index in [1.807, 2.05) is 30.9 Å². The van der Waals surface area contributed by atoms with Gasteiger partial charge in [-0.25, -0.2) is 0 Å². The van der Waals surface area contributed by atoms with Gasteiger partial charge in [0.1, 0.15) is 0 Å². The molecule has 0 bridgehead atoms. The fourth-order valence-corrected chi connectivity index (χ4v) is 3.84. The van der Waals surface area contributed by atoms with Crippen LogP contribution < -0.4 is 10.2 Å². The van der Waals surface area contributed by atoms with Crippen molar-refractivity contribution in [1.29, 1.82) is 0 Å². The Morgan fingerprint density at radius 1 is 1.21 bits per heavy atom. The summed E-state index contributed by atoms with van der Waals surface area (Å²) in [7, 11) is 0. The number of nitrogens with zero attached hydrogens (tertiary/aromatic N) is 2. The summed E-state index contributed by atoms with van der Waals surface area (Å²) in [5.41, 5.74) is 3.33. The zero-order valence-corrected chi connectivity index (χ0v) is 17.3. The SMILES string of the molecule is CCc1ccc(Cl)c(CC)c1NC(=O)c1cc([N+](=O)[O-])ccc1N1CCOCC1. The number of nitro groups is 1. The second kappa shape index (κ2) is 9.24. The Morgan fingerprint density at radius 2 is 1.93 bits per heavy atom. The molecule has 1 saturated heterocycles. The maximum absolute atomic E-state index is 13.3. The molecule has 0 unspecified atom stereocenters. The average Bonchev–Trinajstić information content (AvgIpc) is 2.74. The summed E-state index contributed by atoms with van der Waals surface area (Å²) in [5, 5.41) is 14.9. The van der Waals surface area contributed by atoms with Crippen molar-refractivity contribution in [1.82, 2.24) is 0 Å². The molecule has 2 aromatic rings. The Hall–Kier alpha value is -2.64. The molecular weight excluding hydrogens is 394 g/mol. The van der Waals surface area contributed by atoms with Crippen LogP contribution in [-0.2, 0) is 17.6 Å². The first kappa shape index (κ1) is 21.1. The Labute approximate surface area is 174 Å². The Balaban J connectivity index is 2.03. The standard InChI is InChI=1S/C21H24ClN3O4/c1-3-14-5-7-18(22)16(4-2)20(14)23-21(26)17-13-15(25(27)28)6-8-19(17)24-9-11-29-12-10-24/h5-8,13H,3-4,9-12H2,1-2H3,(H,23,26).